The van der Waals surface area contributed by atoms with Gasteiger partial charge in [-0.15, -0.1) is 0 Å². The highest BCUT2D eigenvalue weighted by Crippen LogP contribution is 2.43. The molecule has 6 nitrogen and oxygen atoms in total. The lowest BCUT2D eigenvalue weighted by atomic mass is 10.1. The second kappa shape index (κ2) is 7.08. The average Bonchev–Trinajstić information content (AvgIpc) is 3.23. The summed E-state index contributed by atoms with van der Waals surface area (Å²) in [5.74, 6) is 0.560. The molecule has 1 aromatic heterocycles. The summed E-state index contributed by atoms with van der Waals surface area (Å²) >= 11 is 0. The van der Waals surface area contributed by atoms with E-state index in [9.17, 15) is 18.0 Å². The van der Waals surface area contributed by atoms with Gasteiger partial charge in [0.1, 0.15) is 0 Å². The molecule has 0 unspecified atom stereocenters. The Morgan fingerprint density at radius 3 is 2.50 bits per heavy atom. The van der Waals surface area contributed by atoms with Gasteiger partial charge in [-0.3, -0.25) is 9.48 Å². The molecule has 30 heavy (non-hydrogen) atoms. The first kappa shape index (κ1) is 19.8. The Kier molecular flexibility index (Phi) is 4.68. The van der Waals surface area contributed by atoms with Crippen LogP contribution in [0.4, 0.5) is 18.9 Å². The second-order valence-electron chi connectivity index (χ2n) is 6.87. The largest absolute Gasteiger partial charge is 0.493 e. The fourth-order valence-electron chi connectivity index (χ4n) is 3.70. The van der Waals surface area contributed by atoms with Crippen molar-refractivity contribution >= 4 is 11.6 Å². The SMILES string of the molecule is COc1cc2c(cc1OC)-c1c(c(C(=O)Nc3cccc(C(F)(F)F)c3)nn1C)C2. The van der Waals surface area contributed by atoms with Crippen LogP contribution in [0.1, 0.15) is 27.2 Å². The molecule has 0 bridgehead atoms. The van der Waals surface area contributed by atoms with E-state index in [2.05, 4.69) is 10.4 Å². The molecular formula is C21H18F3N3O3. The number of methoxy groups -OCH3 is 2. The Morgan fingerprint density at radius 1 is 1.13 bits per heavy atom. The lowest BCUT2D eigenvalue weighted by Gasteiger charge is -2.11. The first-order valence-corrected chi connectivity index (χ1v) is 9.02. The van der Waals surface area contributed by atoms with E-state index in [1.165, 1.54) is 19.2 Å². The van der Waals surface area contributed by atoms with Gasteiger partial charge < -0.3 is 14.8 Å². The number of rotatable bonds is 4. The number of halogens is 3. The number of amides is 1. The Bertz CT molecular complexity index is 1150. The molecule has 1 heterocycles. The zero-order chi connectivity index (χ0) is 21.6. The third-order valence-corrected chi connectivity index (χ3v) is 5.04. The summed E-state index contributed by atoms with van der Waals surface area (Å²) in [4.78, 5) is 12.8. The smallest absolute Gasteiger partial charge is 0.416 e. The highest BCUT2D eigenvalue weighted by Gasteiger charge is 2.32. The first-order chi connectivity index (χ1) is 14.2. The number of ether oxygens (including phenoxy) is 2. The molecular weight excluding hydrogens is 399 g/mol. The van der Waals surface area contributed by atoms with E-state index >= 15 is 0 Å². The molecule has 0 aliphatic heterocycles. The summed E-state index contributed by atoms with van der Waals surface area (Å²) in [5.41, 5.74) is 2.66. The van der Waals surface area contributed by atoms with Crippen molar-refractivity contribution in [2.45, 2.75) is 12.6 Å². The highest BCUT2D eigenvalue weighted by molar-refractivity contribution is 6.05. The van der Waals surface area contributed by atoms with Crippen LogP contribution < -0.4 is 14.8 Å². The van der Waals surface area contributed by atoms with E-state index in [0.717, 1.165) is 29.0 Å². The van der Waals surface area contributed by atoms with Gasteiger partial charge >= 0.3 is 6.18 Å². The number of anilines is 1. The number of aryl methyl sites for hydroxylation is 1. The summed E-state index contributed by atoms with van der Waals surface area (Å²) < 4.78 is 51.1. The van der Waals surface area contributed by atoms with Crippen molar-refractivity contribution in [2.24, 2.45) is 7.05 Å². The molecule has 0 saturated carbocycles. The van der Waals surface area contributed by atoms with E-state index in [4.69, 9.17) is 9.47 Å². The standard InChI is InChI=1S/C21H18F3N3O3/c1-27-19-14-10-17(30-3)16(29-2)8-11(14)7-15(19)18(26-27)20(28)25-13-6-4-5-12(9-13)21(22,23)24/h4-6,8-10H,7H2,1-3H3,(H,25,28). The fourth-order valence-corrected chi connectivity index (χ4v) is 3.70. The van der Waals surface area contributed by atoms with E-state index in [1.54, 1.807) is 18.8 Å². The minimum atomic E-state index is -4.49. The summed E-state index contributed by atoms with van der Waals surface area (Å²) in [6.45, 7) is 0. The molecule has 156 valence electrons. The minimum absolute atomic E-state index is 0.0491. The minimum Gasteiger partial charge on any atom is -0.493 e. The van der Waals surface area contributed by atoms with E-state index in [-0.39, 0.29) is 11.4 Å². The van der Waals surface area contributed by atoms with Crippen LogP contribution in [0.2, 0.25) is 0 Å². The number of hydrogen-bond acceptors (Lipinski definition) is 4. The van der Waals surface area contributed by atoms with Gasteiger partial charge in [-0.1, -0.05) is 6.07 Å². The maximum absolute atomic E-state index is 12.9. The van der Waals surface area contributed by atoms with E-state index in [0.29, 0.717) is 23.5 Å². The molecule has 9 heteroatoms. The van der Waals surface area contributed by atoms with Crippen molar-refractivity contribution in [1.29, 1.82) is 0 Å². The summed E-state index contributed by atoms with van der Waals surface area (Å²) in [5, 5.41) is 6.83. The number of aromatic nitrogens is 2. The van der Waals surface area contributed by atoms with Crippen LogP contribution in [0.25, 0.3) is 11.3 Å². The number of nitrogens with one attached hydrogen (secondary N) is 1. The van der Waals surface area contributed by atoms with Crippen LogP contribution in [0.3, 0.4) is 0 Å². The van der Waals surface area contributed by atoms with Gasteiger partial charge in [0.05, 0.1) is 25.5 Å². The van der Waals surface area contributed by atoms with Crippen LogP contribution in [0.15, 0.2) is 36.4 Å². The summed E-state index contributed by atoms with van der Waals surface area (Å²) in [6.07, 6.45) is -4.04. The fraction of sp³-hybridized carbons (Fsp3) is 0.238. The number of benzene rings is 2. The van der Waals surface area contributed by atoms with Crippen molar-refractivity contribution in [2.75, 3.05) is 19.5 Å². The molecule has 0 atom stereocenters. The molecule has 0 radical (unpaired) electrons. The molecule has 0 spiro atoms. The molecule has 4 rings (SSSR count). The molecule has 1 amide bonds. The van der Waals surface area contributed by atoms with Crippen molar-refractivity contribution < 1.29 is 27.4 Å². The molecule has 3 aromatic rings. The predicted molar refractivity (Wildman–Crippen MR) is 104 cm³/mol. The van der Waals surface area contributed by atoms with Crippen LogP contribution >= 0.6 is 0 Å². The average molecular weight is 417 g/mol. The zero-order valence-corrected chi connectivity index (χ0v) is 16.4. The Morgan fingerprint density at radius 2 is 1.83 bits per heavy atom. The van der Waals surface area contributed by atoms with Gasteiger partial charge in [0.15, 0.2) is 17.2 Å². The third kappa shape index (κ3) is 3.26. The molecule has 1 N–H and O–H groups in total. The Hall–Kier alpha value is -3.49. The van der Waals surface area contributed by atoms with Crippen molar-refractivity contribution in [3.05, 3.63) is 58.8 Å². The quantitative estimate of drug-likeness (QED) is 0.538. The summed E-state index contributed by atoms with van der Waals surface area (Å²) in [7, 11) is 4.80. The topological polar surface area (TPSA) is 65.4 Å². The van der Waals surface area contributed by atoms with Crippen LogP contribution in [-0.4, -0.2) is 29.9 Å². The van der Waals surface area contributed by atoms with Crippen LogP contribution in [-0.2, 0) is 19.6 Å². The Balaban J connectivity index is 1.68. The van der Waals surface area contributed by atoms with Crippen LogP contribution in [0, 0.1) is 0 Å². The molecule has 0 saturated heterocycles. The lowest BCUT2D eigenvalue weighted by Crippen LogP contribution is -2.15. The number of hydrogen-bond donors (Lipinski definition) is 1. The van der Waals surface area contributed by atoms with Gasteiger partial charge in [0.2, 0.25) is 0 Å². The number of nitrogens with zero attached hydrogens (tertiary/aromatic N) is 2. The number of alkyl halides is 3. The normalized spacial score (nSPS) is 12.3. The lowest BCUT2D eigenvalue weighted by molar-refractivity contribution is -0.137. The second-order valence-corrected chi connectivity index (χ2v) is 6.87. The predicted octanol–water partition coefficient (Wildman–Crippen LogP) is 4.28. The molecule has 0 fully saturated rings. The number of carbonyl (C=O) groups excluding carboxylic acids is 1. The van der Waals surface area contributed by atoms with Gasteiger partial charge in [-0.25, -0.2) is 0 Å². The zero-order valence-electron chi connectivity index (χ0n) is 16.4. The molecule has 1 aliphatic carbocycles. The van der Waals surface area contributed by atoms with Crippen molar-refractivity contribution in [1.82, 2.24) is 9.78 Å². The molecule has 2 aromatic carbocycles. The van der Waals surface area contributed by atoms with Crippen LogP contribution in [0.5, 0.6) is 11.5 Å². The summed E-state index contributed by atoms with van der Waals surface area (Å²) in [6, 6.07) is 8.17. The third-order valence-electron chi connectivity index (χ3n) is 5.04. The van der Waals surface area contributed by atoms with E-state index in [1.807, 2.05) is 12.1 Å². The Labute approximate surface area is 170 Å². The maximum Gasteiger partial charge on any atom is 0.416 e. The van der Waals surface area contributed by atoms with Crippen molar-refractivity contribution in [3.8, 4) is 22.8 Å². The number of carbonyl (C=O) groups is 1. The first-order valence-electron chi connectivity index (χ1n) is 9.02. The van der Waals surface area contributed by atoms with Gasteiger partial charge in [0.25, 0.3) is 5.91 Å². The van der Waals surface area contributed by atoms with Gasteiger partial charge in [-0.2, -0.15) is 18.3 Å². The van der Waals surface area contributed by atoms with Gasteiger partial charge in [0, 0.05) is 30.3 Å². The van der Waals surface area contributed by atoms with Crippen molar-refractivity contribution in [3.63, 3.8) is 0 Å². The number of fused-ring (bicyclic) bond motifs is 3. The monoisotopic (exact) mass is 417 g/mol. The molecule has 1 aliphatic rings. The maximum atomic E-state index is 12.9. The van der Waals surface area contributed by atoms with Gasteiger partial charge in [-0.05, 0) is 35.9 Å². The highest BCUT2D eigenvalue weighted by atomic mass is 19.4. The van der Waals surface area contributed by atoms with E-state index < -0.39 is 17.6 Å².